The summed E-state index contributed by atoms with van der Waals surface area (Å²) in [5, 5.41) is 2.73. The number of esters is 1. The van der Waals surface area contributed by atoms with E-state index in [0.717, 1.165) is 5.56 Å². The molecule has 0 fully saturated rings. The van der Waals surface area contributed by atoms with Crippen LogP contribution in [0.3, 0.4) is 0 Å². The fourth-order valence-corrected chi connectivity index (χ4v) is 2.42. The molecule has 0 aliphatic rings. The number of amides is 1. The Morgan fingerprint density at radius 2 is 1.81 bits per heavy atom. The highest BCUT2D eigenvalue weighted by atomic mass is 16.6. The van der Waals surface area contributed by atoms with E-state index in [1.807, 2.05) is 38.1 Å². The second-order valence-corrected chi connectivity index (χ2v) is 6.10. The van der Waals surface area contributed by atoms with Crippen molar-refractivity contribution < 1.29 is 23.8 Å². The summed E-state index contributed by atoms with van der Waals surface area (Å²) in [5.41, 5.74) is 1.50. The van der Waals surface area contributed by atoms with Gasteiger partial charge in [0, 0.05) is 0 Å². The molecular formula is C21H25NO5. The van der Waals surface area contributed by atoms with E-state index < -0.39 is 24.1 Å². The average molecular weight is 371 g/mol. The Morgan fingerprint density at radius 1 is 1.11 bits per heavy atom. The topological polar surface area (TPSA) is 73.9 Å². The fourth-order valence-electron chi connectivity index (χ4n) is 2.42. The molecule has 2 rings (SSSR count). The predicted octanol–water partition coefficient (Wildman–Crippen LogP) is 3.73. The molecule has 2 aromatic rings. The van der Waals surface area contributed by atoms with Gasteiger partial charge >= 0.3 is 5.97 Å². The molecule has 144 valence electrons. The van der Waals surface area contributed by atoms with Gasteiger partial charge in [-0.1, -0.05) is 31.2 Å². The third kappa shape index (κ3) is 5.74. The molecule has 0 unspecified atom stereocenters. The van der Waals surface area contributed by atoms with Crippen LogP contribution in [0.1, 0.15) is 25.8 Å². The zero-order valence-corrected chi connectivity index (χ0v) is 16.0. The van der Waals surface area contributed by atoms with E-state index in [4.69, 9.17) is 14.2 Å². The van der Waals surface area contributed by atoms with Crippen LogP contribution in [0.2, 0.25) is 0 Å². The lowest BCUT2D eigenvalue weighted by Gasteiger charge is -2.20. The van der Waals surface area contributed by atoms with Gasteiger partial charge in [0.2, 0.25) is 0 Å². The van der Waals surface area contributed by atoms with Gasteiger partial charge < -0.3 is 19.5 Å². The van der Waals surface area contributed by atoms with Gasteiger partial charge in [0.1, 0.15) is 11.5 Å². The molecule has 0 saturated carbocycles. The molecule has 27 heavy (non-hydrogen) atoms. The molecule has 0 radical (unpaired) electrons. The lowest BCUT2D eigenvalue weighted by Crippen LogP contribution is -2.36. The number of para-hydroxylation sites is 1. The normalized spacial score (nSPS) is 12.6. The number of rotatable bonds is 8. The van der Waals surface area contributed by atoms with E-state index in [-0.39, 0.29) is 0 Å². The molecule has 0 bridgehead atoms. The molecule has 6 nitrogen and oxygen atoms in total. The van der Waals surface area contributed by atoms with Crippen molar-refractivity contribution in [3.63, 3.8) is 0 Å². The van der Waals surface area contributed by atoms with Crippen LogP contribution >= 0.6 is 0 Å². The molecule has 2 atom stereocenters. The first-order chi connectivity index (χ1) is 12.9. The van der Waals surface area contributed by atoms with Gasteiger partial charge in [0.15, 0.2) is 12.2 Å². The van der Waals surface area contributed by atoms with E-state index in [0.29, 0.717) is 23.6 Å². The monoisotopic (exact) mass is 371 g/mol. The van der Waals surface area contributed by atoms with Gasteiger partial charge in [-0.25, -0.2) is 4.79 Å². The van der Waals surface area contributed by atoms with E-state index in [2.05, 4.69) is 5.32 Å². The minimum absolute atomic E-state index is 0.424. The van der Waals surface area contributed by atoms with Crippen molar-refractivity contribution in [2.45, 2.75) is 39.4 Å². The van der Waals surface area contributed by atoms with Crippen LogP contribution < -0.4 is 14.8 Å². The number of anilines is 1. The first-order valence-corrected chi connectivity index (χ1v) is 8.82. The minimum atomic E-state index is -0.976. The van der Waals surface area contributed by atoms with Gasteiger partial charge in [-0.05, 0) is 50.1 Å². The molecule has 1 amide bonds. The van der Waals surface area contributed by atoms with Crippen LogP contribution in [-0.2, 0) is 14.3 Å². The summed E-state index contributed by atoms with van der Waals surface area (Å²) in [6, 6.07) is 14.5. The molecule has 2 aromatic carbocycles. The summed E-state index contributed by atoms with van der Waals surface area (Å²) in [7, 11) is 1.52. The Kier molecular flexibility index (Phi) is 7.23. The first-order valence-electron chi connectivity index (χ1n) is 8.82. The number of ether oxygens (including phenoxy) is 3. The van der Waals surface area contributed by atoms with E-state index in [1.165, 1.54) is 14.0 Å². The van der Waals surface area contributed by atoms with E-state index >= 15 is 0 Å². The number of nitrogens with one attached hydrogen (secondary N) is 1. The Morgan fingerprint density at radius 3 is 2.44 bits per heavy atom. The van der Waals surface area contributed by atoms with Crippen LogP contribution in [0.5, 0.6) is 11.5 Å². The maximum atomic E-state index is 12.4. The molecule has 0 heterocycles. The molecule has 0 saturated heterocycles. The van der Waals surface area contributed by atoms with Gasteiger partial charge in [0.05, 0.1) is 12.8 Å². The SMILES string of the molecule is CC[C@H](Oc1ccccc1)C(=O)O[C@@H](C)C(=O)Nc1cc(C)ccc1OC. The number of benzene rings is 2. The fraction of sp³-hybridized carbons (Fsp3) is 0.333. The third-order valence-corrected chi connectivity index (χ3v) is 3.93. The minimum Gasteiger partial charge on any atom is -0.495 e. The van der Waals surface area contributed by atoms with Gasteiger partial charge in [-0.2, -0.15) is 0 Å². The number of hydrogen-bond donors (Lipinski definition) is 1. The molecule has 1 N–H and O–H groups in total. The predicted molar refractivity (Wildman–Crippen MR) is 103 cm³/mol. The highest BCUT2D eigenvalue weighted by molar-refractivity contribution is 5.96. The maximum Gasteiger partial charge on any atom is 0.348 e. The Balaban J connectivity index is 1.98. The number of hydrogen-bond acceptors (Lipinski definition) is 5. The van der Waals surface area contributed by atoms with Crippen molar-refractivity contribution in [2.75, 3.05) is 12.4 Å². The lowest BCUT2D eigenvalue weighted by molar-refractivity contribution is -0.160. The second-order valence-electron chi connectivity index (χ2n) is 6.10. The van der Waals surface area contributed by atoms with Crippen molar-refractivity contribution in [2.24, 2.45) is 0 Å². The summed E-state index contributed by atoms with van der Waals surface area (Å²) in [6.07, 6.45) is -1.33. The lowest BCUT2D eigenvalue weighted by atomic mass is 10.2. The Hall–Kier alpha value is -3.02. The zero-order chi connectivity index (χ0) is 19.8. The van der Waals surface area contributed by atoms with Gasteiger partial charge in [0.25, 0.3) is 5.91 Å². The van der Waals surface area contributed by atoms with Crippen LogP contribution in [0.4, 0.5) is 5.69 Å². The average Bonchev–Trinajstić information content (AvgIpc) is 2.66. The summed E-state index contributed by atoms with van der Waals surface area (Å²) < 4.78 is 16.2. The summed E-state index contributed by atoms with van der Waals surface area (Å²) in [6.45, 7) is 5.24. The second kappa shape index (κ2) is 9.62. The number of aryl methyl sites for hydroxylation is 1. The highest BCUT2D eigenvalue weighted by Gasteiger charge is 2.25. The summed E-state index contributed by atoms with van der Waals surface area (Å²) in [4.78, 5) is 24.8. The van der Waals surface area contributed by atoms with Crippen molar-refractivity contribution in [3.8, 4) is 11.5 Å². The van der Waals surface area contributed by atoms with Crippen molar-refractivity contribution in [1.29, 1.82) is 0 Å². The molecule has 0 aliphatic heterocycles. The molecule has 0 spiro atoms. The van der Waals surface area contributed by atoms with Crippen LogP contribution in [-0.4, -0.2) is 31.2 Å². The number of carbonyl (C=O) groups excluding carboxylic acids is 2. The molecule has 6 heteroatoms. The quantitative estimate of drug-likeness (QED) is 0.716. The number of carbonyl (C=O) groups is 2. The Bertz CT molecular complexity index is 775. The summed E-state index contributed by atoms with van der Waals surface area (Å²) in [5.74, 6) is 0.0799. The van der Waals surface area contributed by atoms with Crippen molar-refractivity contribution in [1.82, 2.24) is 0 Å². The first kappa shape index (κ1) is 20.3. The number of methoxy groups -OCH3 is 1. The maximum absolute atomic E-state index is 12.4. The molecule has 0 aliphatic carbocycles. The van der Waals surface area contributed by atoms with Crippen LogP contribution in [0.25, 0.3) is 0 Å². The van der Waals surface area contributed by atoms with Gasteiger partial charge in [-0.3, -0.25) is 4.79 Å². The largest absolute Gasteiger partial charge is 0.495 e. The highest BCUT2D eigenvalue weighted by Crippen LogP contribution is 2.25. The Labute approximate surface area is 159 Å². The standard InChI is InChI=1S/C21H25NO5/c1-5-18(27-16-9-7-6-8-10-16)21(24)26-15(3)20(23)22-17-13-14(2)11-12-19(17)25-4/h6-13,15,18H,5H2,1-4H3,(H,22,23)/t15-,18-/m0/s1. The van der Waals surface area contributed by atoms with Crippen LogP contribution in [0, 0.1) is 6.92 Å². The molecular weight excluding hydrogens is 346 g/mol. The van der Waals surface area contributed by atoms with E-state index in [1.54, 1.807) is 24.3 Å². The zero-order valence-electron chi connectivity index (χ0n) is 16.0. The summed E-state index contributed by atoms with van der Waals surface area (Å²) >= 11 is 0. The van der Waals surface area contributed by atoms with Crippen LogP contribution in [0.15, 0.2) is 48.5 Å². The van der Waals surface area contributed by atoms with Crippen molar-refractivity contribution >= 4 is 17.6 Å². The van der Waals surface area contributed by atoms with Gasteiger partial charge in [-0.15, -0.1) is 0 Å². The third-order valence-electron chi connectivity index (χ3n) is 3.93. The van der Waals surface area contributed by atoms with Crippen molar-refractivity contribution in [3.05, 3.63) is 54.1 Å². The molecule has 0 aromatic heterocycles. The van der Waals surface area contributed by atoms with E-state index in [9.17, 15) is 9.59 Å². The smallest absolute Gasteiger partial charge is 0.348 e.